The first-order valence-corrected chi connectivity index (χ1v) is 10.8. The third-order valence-corrected chi connectivity index (χ3v) is 5.77. The Morgan fingerprint density at radius 2 is 1.26 bits per heavy atom. The van der Waals surface area contributed by atoms with Crippen molar-refractivity contribution in [1.82, 2.24) is 4.68 Å². The molecule has 27 heavy (non-hydrogen) atoms. The lowest BCUT2D eigenvalue weighted by Crippen LogP contribution is -2.06. The zero-order chi connectivity index (χ0) is 19.6. The van der Waals surface area contributed by atoms with Crippen molar-refractivity contribution in [2.24, 2.45) is 11.8 Å². The van der Waals surface area contributed by atoms with Gasteiger partial charge >= 0.3 is 0 Å². The van der Waals surface area contributed by atoms with Gasteiger partial charge in [-0.3, -0.25) is 4.68 Å². The van der Waals surface area contributed by atoms with Crippen LogP contribution < -0.4 is 5.84 Å². The average Bonchev–Trinajstić information content (AvgIpc) is 3.00. The average molecular weight is 367 g/mol. The molecule has 1 aromatic heterocycles. The molecule has 2 aromatic carbocycles. The highest BCUT2D eigenvalue weighted by Gasteiger charge is 2.06. The van der Waals surface area contributed by atoms with Crippen LogP contribution in [0.25, 0.3) is 21.8 Å². The molecule has 0 aliphatic rings. The molecule has 0 amide bonds. The van der Waals surface area contributed by atoms with Gasteiger partial charge in [-0.2, -0.15) is 0 Å². The molecule has 0 saturated heterocycles. The quantitative estimate of drug-likeness (QED) is 0.324. The number of fused-ring (bicyclic) bond motifs is 3. The SMILES string of the molecule is CCCCCC(C)CCC(C)CC.Nn1c2ccccc2c2ccccc21. The minimum absolute atomic E-state index is 0.939. The first-order chi connectivity index (χ1) is 13.1. The van der Waals surface area contributed by atoms with E-state index in [1.807, 2.05) is 36.4 Å². The van der Waals surface area contributed by atoms with E-state index in [-0.39, 0.29) is 0 Å². The van der Waals surface area contributed by atoms with Crippen molar-refractivity contribution in [2.45, 2.75) is 72.6 Å². The number of aromatic nitrogens is 1. The van der Waals surface area contributed by atoms with Gasteiger partial charge in [0.15, 0.2) is 0 Å². The smallest absolute Gasteiger partial charge is 0.0703 e. The van der Waals surface area contributed by atoms with Gasteiger partial charge in [-0.05, 0) is 24.0 Å². The van der Waals surface area contributed by atoms with Crippen LogP contribution in [0, 0.1) is 11.8 Å². The molecule has 2 nitrogen and oxygen atoms in total. The predicted molar refractivity (Wildman–Crippen MR) is 122 cm³/mol. The number of hydrogen-bond donors (Lipinski definition) is 1. The molecule has 0 aliphatic heterocycles. The summed E-state index contributed by atoms with van der Waals surface area (Å²) < 4.78 is 1.74. The van der Waals surface area contributed by atoms with E-state index in [0.717, 1.165) is 22.9 Å². The van der Waals surface area contributed by atoms with Crippen LogP contribution in [0.4, 0.5) is 0 Å². The molecule has 2 heteroatoms. The standard InChI is InChI=1S/C13H28.C12H10N2/c1-5-7-8-9-13(4)11-10-12(3)6-2;13-14-11-7-3-1-5-9(11)10-6-2-4-8-12(10)14/h12-13H,5-11H2,1-4H3;1-8H,13H2. The minimum Gasteiger partial charge on any atom is -0.339 e. The van der Waals surface area contributed by atoms with Crippen molar-refractivity contribution in [1.29, 1.82) is 0 Å². The molecule has 3 aromatic rings. The molecule has 0 aliphatic carbocycles. The summed E-state index contributed by atoms with van der Waals surface area (Å²) in [5.74, 6) is 7.89. The summed E-state index contributed by atoms with van der Waals surface area (Å²) in [5.41, 5.74) is 2.16. The van der Waals surface area contributed by atoms with E-state index in [4.69, 9.17) is 5.84 Å². The Hall–Kier alpha value is -1.96. The Labute approximate surface area is 165 Å². The summed E-state index contributed by atoms with van der Waals surface area (Å²) in [6.45, 7) is 9.37. The predicted octanol–water partition coefficient (Wildman–Crippen LogP) is 7.54. The fourth-order valence-electron chi connectivity index (χ4n) is 3.61. The van der Waals surface area contributed by atoms with Crippen molar-refractivity contribution in [3.8, 4) is 0 Å². The summed E-state index contributed by atoms with van der Waals surface area (Å²) in [5, 5.41) is 2.43. The highest BCUT2D eigenvalue weighted by Crippen LogP contribution is 2.26. The maximum absolute atomic E-state index is 5.99. The van der Waals surface area contributed by atoms with E-state index in [2.05, 4.69) is 39.8 Å². The summed E-state index contributed by atoms with van der Waals surface area (Å²) in [4.78, 5) is 0. The fourth-order valence-corrected chi connectivity index (χ4v) is 3.61. The maximum atomic E-state index is 5.99. The van der Waals surface area contributed by atoms with Crippen LogP contribution in [0.2, 0.25) is 0 Å². The molecule has 0 spiro atoms. The van der Waals surface area contributed by atoms with Crippen LogP contribution >= 0.6 is 0 Å². The molecule has 3 rings (SSSR count). The molecule has 0 bridgehead atoms. The van der Waals surface area contributed by atoms with Gasteiger partial charge in [0.05, 0.1) is 11.0 Å². The van der Waals surface area contributed by atoms with Crippen LogP contribution in [0.15, 0.2) is 48.5 Å². The van der Waals surface area contributed by atoms with E-state index in [9.17, 15) is 0 Å². The van der Waals surface area contributed by atoms with Crippen molar-refractivity contribution >= 4 is 21.8 Å². The number of nitrogens with zero attached hydrogens (tertiary/aromatic N) is 1. The topological polar surface area (TPSA) is 30.9 Å². The Balaban J connectivity index is 0.000000195. The second kappa shape index (κ2) is 11.0. The maximum Gasteiger partial charge on any atom is 0.0703 e. The Morgan fingerprint density at radius 3 is 1.78 bits per heavy atom. The number of nitrogen functional groups attached to an aromatic ring is 1. The summed E-state index contributed by atoms with van der Waals surface area (Å²) >= 11 is 0. The Morgan fingerprint density at radius 1 is 0.741 bits per heavy atom. The lowest BCUT2D eigenvalue weighted by Gasteiger charge is -2.13. The number of unbranched alkanes of at least 4 members (excludes halogenated alkanes) is 2. The van der Waals surface area contributed by atoms with Gasteiger partial charge in [-0.1, -0.05) is 109 Å². The van der Waals surface area contributed by atoms with Crippen LogP contribution in [0.1, 0.15) is 72.6 Å². The minimum atomic E-state index is 0.939. The van der Waals surface area contributed by atoms with Gasteiger partial charge < -0.3 is 5.84 Å². The first-order valence-electron chi connectivity index (χ1n) is 10.8. The van der Waals surface area contributed by atoms with E-state index in [1.165, 1.54) is 55.7 Å². The monoisotopic (exact) mass is 366 g/mol. The molecule has 2 N–H and O–H groups in total. The third-order valence-electron chi connectivity index (χ3n) is 5.77. The van der Waals surface area contributed by atoms with E-state index in [0.29, 0.717) is 0 Å². The van der Waals surface area contributed by atoms with Gasteiger partial charge in [0, 0.05) is 10.8 Å². The van der Waals surface area contributed by atoms with Gasteiger partial charge in [-0.15, -0.1) is 0 Å². The zero-order valence-corrected chi connectivity index (χ0v) is 17.7. The molecule has 148 valence electrons. The number of para-hydroxylation sites is 2. The highest BCUT2D eigenvalue weighted by molar-refractivity contribution is 6.07. The normalized spacial score (nSPS) is 13.3. The lowest BCUT2D eigenvalue weighted by atomic mass is 9.93. The van der Waals surface area contributed by atoms with Crippen LogP contribution in [-0.2, 0) is 0 Å². The van der Waals surface area contributed by atoms with Crippen LogP contribution in [0.5, 0.6) is 0 Å². The number of hydrogen-bond acceptors (Lipinski definition) is 1. The fraction of sp³-hybridized carbons (Fsp3) is 0.520. The van der Waals surface area contributed by atoms with Crippen molar-refractivity contribution < 1.29 is 0 Å². The first kappa shape index (κ1) is 21.3. The highest BCUT2D eigenvalue weighted by atomic mass is 15.3. The molecule has 2 unspecified atom stereocenters. The van der Waals surface area contributed by atoms with Crippen LogP contribution in [0.3, 0.4) is 0 Å². The molecule has 0 radical (unpaired) electrons. The van der Waals surface area contributed by atoms with Gasteiger partial charge in [-0.25, -0.2) is 0 Å². The van der Waals surface area contributed by atoms with Gasteiger partial charge in [0.25, 0.3) is 0 Å². The van der Waals surface area contributed by atoms with Crippen LogP contribution in [-0.4, -0.2) is 4.68 Å². The Kier molecular flexibility index (Phi) is 8.71. The lowest BCUT2D eigenvalue weighted by molar-refractivity contribution is 0.395. The molecular formula is C25H38N2. The number of rotatable bonds is 8. The second-order valence-corrected chi connectivity index (χ2v) is 8.10. The van der Waals surface area contributed by atoms with Crippen molar-refractivity contribution in [2.75, 3.05) is 5.84 Å². The Bertz CT molecular complexity index is 749. The summed E-state index contributed by atoms with van der Waals surface area (Å²) in [7, 11) is 0. The largest absolute Gasteiger partial charge is 0.339 e. The molecule has 1 heterocycles. The van der Waals surface area contributed by atoms with E-state index >= 15 is 0 Å². The van der Waals surface area contributed by atoms with Gasteiger partial charge in [0.2, 0.25) is 0 Å². The second-order valence-electron chi connectivity index (χ2n) is 8.10. The summed E-state index contributed by atoms with van der Waals surface area (Å²) in [6.07, 6.45) is 9.90. The molecule has 2 atom stereocenters. The zero-order valence-electron chi connectivity index (χ0n) is 17.7. The van der Waals surface area contributed by atoms with E-state index in [1.54, 1.807) is 4.68 Å². The molecule has 0 saturated carbocycles. The number of benzene rings is 2. The molecular weight excluding hydrogens is 328 g/mol. The number of nitrogens with two attached hydrogens (primary N) is 1. The summed E-state index contributed by atoms with van der Waals surface area (Å²) in [6, 6.07) is 16.4. The van der Waals surface area contributed by atoms with Gasteiger partial charge in [0.1, 0.15) is 0 Å². The molecule has 0 fully saturated rings. The van der Waals surface area contributed by atoms with Crippen molar-refractivity contribution in [3.05, 3.63) is 48.5 Å². The van der Waals surface area contributed by atoms with Crippen molar-refractivity contribution in [3.63, 3.8) is 0 Å². The third kappa shape index (κ3) is 6.02. The van der Waals surface area contributed by atoms with E-state index < -0.39 is 0 Å².